The number of nitrogens with zero attached hydrogens (tertiary/aromatic N) is 3. The maximum absolute atomic E-state index is 4.58. The van der Waals surface area contributed by atoms with E-state index in [1.165, 1.54) is 5.69 Å². The third-order valence-electron chi connectivity index (χ3n) is 3.04. The summed E-state index contributed by atoms with van der Waals surface area (Å²) in [5, 5.41) is 3.08. The molecular formula is C15H20N4. The standard InChI is InChI=1S/C15H20N4/c1-5-12-10-14(16-2)18-15(17-12)11-6-8-13(9-7-11)19(3)4/h6-10H,5H2,1-4H3,(H,16,17,18). The molecule has 100 valence electrons. The van der Waals surface area contributed by atoms with Gasteiger partial charge in [-0.05, 0) is 30.7 Å². The van der Waals surface area contributed by atoms with Crippen molar-refractivity contribution in [2.45, 2.75) is 13.3 Å². The molecule has 2 rings (SSSR count). The highest BCUT2D eigenvalue weighted by molar-refractivity contribution is 5.61. The van der Waals surface area contributed by atoms with E-state index >= 15 is 0 Å². The average molecular weight is 256 g/mol. The topological polar surface area (TPSA) is 41.1 Å². The molecule has 19 heavy (non-hydrogen) atoms. The van der Waals surface area contributed by atoms with Gasteiger partial charge in [-0.25, -0.2) is 9.97 Å². The highest BCUT2D eigenvalue weighted by Crippen LogP contribution is 2.21. The van der Waals surface area contributed by atoms with Crippen molar-refractivity contribution in [3.8, 4) is 11.4 Å². The van der Waals surface area contributed by atoms with E-state index in [1.807, 2.05) is 27.2 Å². The molecule has 0 saturated carbocycles. The lowest BCUT2D eigenvalue weighted by Gasteiger charge is -2.13. The SMILES string of the molecule is CCc1cc(NC)nc(-c2ccc(N(C)C)cc2)n1. The van der Waals surface area contributed by atoms with E-state index in [-0.39, 0.29) is 0 Å². The molecule has 0 spiro atoms. The van der Waals surface area contributed by atoms with Gasteiger partial charge in [-0.15, -0.1) is 0 Å². The van der Waals surface area contributed by atoms with Crippen LogP contribution in [0, 0.1) is 0 Å². The van der Waals surface area contributed by atoms with Crippen molar-refractivity contribution in [2.75, 3.05) is 31.4 Å². The van der Waals surface area contributed by atoms with Gasteiger partial charge in [-0.1, -0.05) is 6.92 Å². The van der Waals surface area contributed by atoms with Crippen LogP contribution in [-0.4, -0.2) is 31.1 Å². The Morgan fingerprint density at radius 2 is 1.79 bits per heavy atom. The fourth-order valence-corrected chi connectivity index (χ4v) is 1.84. The first-order valence-corrected chi connectivity index (χ1v) is 6.47. The van der Waals surface area contributed by atoms with Crippen LogP contribution >= 0.6 is 0 Å². The molecule has 0 atom stereocenters. The Bertz CT molecular complexity index is 524. The molecule has 0 unspecified atom stereocenters. The number of rotatable bonds is 4. The summed E-state index contributed by atoms with van der Waals surface area (Å²) in [4.78, 5) is 11.2. The second kappa shape index (κ2) is 5.69. The van der Waals surface area contributed by atoms with Crippen LogP contribution in [0.1, 0.15) is 12.6 Å². The van der Waals surface area contributed by atoms with Crippen molar-refractivity contribution >= 4 is 11.5 Å². The monoisotopic (exact) mass is 256 g/mol. The Labute approximate surface area is 114 Å². The number of benzene rings is 1. The number of hydrogen-bond donors (Lipinski definition) is 1. The highest BCUT2D eigenvalue weighted by Gasteiger charge is 2.06. The molecule has 0 radical (unpaired) electrons. The van der Waals surface area contributed by atoms with Crippen LogP contribution < -0.4 is 10.2 Å². The molecule has 0 amide bonds. The minimum Gasteiger partial charge on any atom is -0.378 e. The van der Waals surface area contributed by atoms with Gasteiger partial charge in [0, 0.05) is 44.2 Å². The summed E-state index contributed by atoms with van der Waals surface area (Å²) >= 11 is 0. The molecule has 0 bridgehead atoms. The third-order valence-corrected chi connectivity index (χ3v) is 3.04. The highest BCUT2D eigenvalue weighted by atomic mass is 15.1. The van der Waals surface area contributed by atoms with Crippen LogP contribution in [-0.2, 0) is 6.42 Å². The Hall–Kier alpha value is -2.10. The van der Waals surface area contributed by atoms with Gasteiger partial charge < -0.3 is 10.2 Å². The Morgan fingerprint density at radius 1 is 1.11 bits per heavy atom. The molecule has 1 aromatic carbocycles. The summed E-state index contributed by atoms with van der Waals surface area (Å²) < 4.78 is 0. The zero-order valence-corrected chi connectivity index (χ0v) is 11.9. The molecule has 0 saturated heterocycles. The van der Waals surface area contributed by atoms with Gasteiger partial charge in [-0.3, -0.25) is 0 Å². The summed E-state index contributed by atoms with van der Waals surface area (Å²) in [7, 11) is 5.94. The van der Waals surface area contributed by atoms with Crippen molar-refractivity contribution < 1.29 is 0 Å². The lowest BCUT2D eigenvalue weighted by Crippen LogP contribution is -2.08. The van der Waals surface area contributed by atoms with Crippen molar-refractivity contribution in [3.63, 3.8) is 0 Å². The van der Waals surface area contributed by atoms with Crippen LogP contribution in [0.2, 0.25) is 0 Å². The predicted molar refractivity (Wildman–Crippen MR) is 80.7 cm³/mol. The van der Waals surface area contributed by atoms with Crippen molar-refractivity contribution in [1.82, 2.24) is 9.97 Å². The minimum absolute atomic E-state index is 0.772. The molecule has 0 aliphatic carbocycles. The fourth-order valence-electron chi connectivity index (χ4n) is 1.84. The van der Waals surface area contributed by atoms with Crippen LogP contribution in [0.25, 0.3) is 11.4 Å². The third kappa shape index (κ3) is 3.02. The zero-order chi connectivity index (χ0) is 13.8. The predicted octanol–water partition coefficient (Wildman–Crippen LogP) is 2.81. The molecular weight excluding hydrogens is 236 g/mol. The van der Waals surface area contributed by atoms with E-state index < -0.39 is 0 Å². The summed E-state index contributed by atoms with van der Waals surface area (Å²) in [5.41, 5.74) is 3.26. The molecule has 0 aliphatic heterocycles. The number of nitrogens with one attached hydrogen (secondary N) is 1. The first kappa shape index (κ1) is 13.3. The second-order valence-corrected chi connectivity index (χ2v) is 4.61. The van der Waals surface area contributed by atoms with Crippen molar-refractivity contribution in [1.29, 1.82) is 0 Å². The summed E-state index contributed by atoms with van der Waals surface area (Å²) in [6, 6.07) is 10.3. The normalized spacial score (nSPS) is 10.3. The van der Waals surface area contributed by atoms with E-state index in [9.17, 15) is 0 Å². The Kier molecular flexibility index (Phi) is 4.00. The Balaban J connectivity index is 2.40. The van der Waals surface area contributed by atoms with Crippen molar-refractivity contribution in [3.05, 3.63) is 36.0 Å². The first-order valence-electron chi connectivity index (χ1n) is 6.47. The largest absolute Gasteiger partial charge is 0.378 e. The number of aromatic nitrogens is 2. The van der Waals surface area contributed by atoms with E-state index in [0.29, 0.717) is 0 Å². The number of aryl methyl sites for hydroxylation is 1. The van der Waals surface area contributed by atoms with E-state index in [1.54, 1.807) is 0 Å². The molecule has 1 N–H and O–H groups in total. The molecule has 4 nitrogen and oxygen atoms in total. The summed E-state index contributed by atoms with van der Waals surface area (Å²) in [6.07, 6.45) is 0.903. The fraction of sp³-hybridized carbons (Fsp3) is 0.333. The molecule has 4 heteroatoms. The maximum atomic E-state index is 4.58. The van der Waals surface area contributed by atoms with E-state index in [4.69, 9.17) is 0 Å². The van der Waals surface area contributed by atoms with Gasteiger partial charge >= 0.3 is 0 Å². The Morgan fingerprint density at radius 3 is 2.32 bits per heavy atom. The average Bonchev–Trinajstić information content (AvgIpc) is 2.46. The van der Waals surface area contributed by atoms with Gasteiger partial charge in [0.25, 0.3) is 0 Å². The number of anilines is 2. The second-order valence-electron chi connectivity index (χ2n) is 4.61. The molecule has 1 aromatic heterocycles. The molecule has 1 heterocycles. The first-order chi connectivity index (χ1) is 9.13. The van der Waals surface area contributed by atoms with Crippen LogP contribution in [0.15, 0.2) is 30.3 Å². The zero-order valence-electron chi connectivity index (χ0n) is 11.9. The lowest BCUT2D eigenvalue weighted by molar-refractivity contribution is 1.01. The summed E-state index contributed by atoms with van der Waals surface area (Å²) in [5.74, 6) is 1.63. The number of hydrogen-bond acceptors (Lipinski definition) is 4. The minimum atomic E-state index is 0.772. The van der Waals surface area contributed by atoms with Crippen LogP contribution in [0.4, 0.5) is 11.5 Å². The molecule has 0 fully saturated rings. The van der Waals surface area contributed by atoms with Gasteiger partial charge in [0.2, 0.25) is 0 Å². The molecule has 2 aromatic rings. The van der Waals surface area contributed by atoms with Gasteiger partial charge in [0.15, 0.2) is 5.82 Å². The van der Waals surface area contributed by atoms with E-state index in [0.717, 1.165) is 29.3 Å². The van der Waals surface area contributed by atoms with Crippen LogP contribution in [0.5, 0.6) is 0 Å². The maximum Gasteiger partial charge on any atom is 0.161 e. The lowest BCUT2D eigenvalue weighted by atomic mass is 10.2. The van der Waals surface area contributed by atoms with Crippen LogP contribution in [0.3, 0.4) is 0 Å². The van der Waals surface area contributed by atoms with Gasteiger partial charge in [0.1, 0.15) is 5.82 Å². The quantitative estimate of drug-likeness (QED) is 0.913. The molecule has 0 aliphatic rings. The van der Waals surface area contributed by atoms with E-state index in [2.05, 4.69) is 51.4 Å². The van der Waals surface area contributed by atoms with Gasteiger partial charge in [-0.2, -0.15) is 0 Å². The van der Waals surface area contributed by atoms with Gasteiger partial charge in [0.05, 0.1) is 0 Å². The van der Waals surface area contributed by atoms with Crippen molar-refractivity contribution in [2.24, 2.45) is 0 Å². The smallest absolute Gasteiger partial charge is 0.161 e. The summed E-state index contributed by atoms with van der Waals surface area (Å²) in [6.45, 7) is 2.10.